The first-order chi connectivity index (χ1) is 8.71. The van der Waals surface area contributed by atoms with E-state index < -0.39 is 20.4 Å². The highest BCUT2D eigenvalue weighted by Crippen LogP contribution is 2.21. The Morgan fingerprint density at radius 3 is 2.53 bits per heavy atom. The van der Waals surface area contributed by atoms with Gasteiger partial charge in [0.05, 0.1) is 21.6 Å². The van der Waals surface area contributed by atoms with Crippen LogP contribution in [0.2, 0.25) is 0 Å². The van der Waals surface area contributed by atoms with Crippen molar-refractivity contribution in [3.05, 3.63) is 33.9 Å². The summed E-state index contributed by atoms with van der Waals surface area (Å²) in [5.74, 6) is -0.299. The van der Waals surface area contributed by atoms with Gasteiger partial charge in [-0.2, -0.15) is 5.10 Å². The number of rotatable bonds is 4. The third-order valence-corrected chi connectivity index (χ3v) is 3.11. The molecule has 10 heteroatoms. The molecule has 0 saturated heterocycles. The number of hydrogen-bond donors (Lipinski definition) is 2. The molecular formula is C9H11N5O4S. The van der Waals surface area contributed by atoms with E-state index in [1.807, 2.05) is 0 Å². The summed E-state index contributed by atoms with van der Waals surface area (Å²) in [6.07, 6.45) is 2.02. The molecule has 4 N–H and O–H groups in total. The van der Waals surface area contributed by atoms with E-state index in [0.717, 1.165) is 18.5 Å². The molecule has 0 atom stereocenters. The van der Waals surface area contributed by atoms with Crippen LogP contribution < -0.4 is 11.5 Å². The number of sulfone groups is 1. The molecule has 0 unspecified atom stereocenters. The van der Waals surface area contributed by atoms with Crippen LogP contribution in [0.3, 0.4) is 0 Å². The fraction of sp³-hybridized carbons (Fsp3) is 0.111. The van der Waals surface area contributed by atoms with Crippen LogP contribution in [0.4, 0.5) is 5.69 Å². The summed E-state index contributed by atoms with van der Waals surface area (Å²) in [4.78, 5) is 9.99. The third-order valence-electron chi connectivity index (χ3n) is 2.00. The smallest absolute Gasteiger partial charge is 0.279 e. The largest absolute Gasteiger partial charge is 0.369 e. The normalized spacial score (nSPS) is 11.4. The second-order valence-corrected chi connectivity index (χ2v) is 5.54. The van der Waals surface area contributed by atoms with E-state index in [1.165, 1.54) is 12.1 Å². The Morgan fingerprint density at radius 1 is 1.42 bits per heavy atom. The summed E-state index contributed by atoms with van der Waals surface area (Å²) in [6, 6.07) is 3.44. The Kier molecular flexibility index (Phi) is 4.17. The summed E-state index contributed by atoms with van der Waals surface area (Å²) >= 11 is 0. The fourth-order valence-corrected chi connectivity index (χ4v) is 1.82. The average molecular weight is 285 g/mol. The van der Waals surface area contributed by atoms with Gasteiger partial charge < -0.3 is 11.5 Å². The number of nitrogens with zero attached hydrogens (tertiary/aromatic N) is 3. The van der Waals surface area contributed by atoms with Crippen LogP contribution in [0.1, 0.15) is 5.56 Å². The highest BCUT2D eigenvalue weighted by atomic mass is 32.2. The zero-order chi connectivity index (χ0) is 14.6. The van der Waals surface area contributed by atoms with Gasteiger partial charge in [-0.1, -0.05) is 0 Å². The Bertz CT molecular complexity index is 661. The number of guanidine groups is 1. The number of benzene rings is 1. The van der Waals surface area contributed by atoms with Gasteiger partial charge in [0, 0.05) is 12.3 Å². The molecule has 0 fully saturated rings. The molecule has 0 saturated carbocycles. The molecule has 0 bridgehead atoms. The lowest BCUT2D eigenvalue weighted by molar-refractivity contribution is -0.385. The minimum Gasteiger partial charge on any atom is -0.369 e. The highest BCUT2D eigenvalue weighted by molar-refractivity contribution is 7.90. The summed E-state index contributed by atoms with van der Waals surface area (Å²) in [6.45, 7) is 0. The van der Waals surface area contributed by atoms with E-state index in [-0.39, 0.29) is 16.4 Å². The van der Waals surface area contributed by atoms with E-state index in [0.29, 0.717) is 0 Å². The molecule has 0 radical (unpaired) electrons. The van der Waals surface area contributed by atoms with Crippen LogP contribution in [0.25, 0.3) is 0 Å². The Labute approximate surface area is 108 Å². The van der Waals surface area contributed by atoms with E-state index in [2.05, 4.69) is 10.2 Å². The molecule has 19 heavy (non-hydrogen) atoms. The first-order valence-corrected chi connectivity index (χ1v) is 6.71. The number of nitrogens with two attached hydrogens (primary N) is 2. The predicted octanol–water partition coefficient (Wildman–Crippen LogP) is -0.394. The SMILES string of the molecule is CS(=O)(=O)c1ccc(C=NN=C(N)N)c([N+](=O)[O-])c1. The Balaban J connectivity index is 3.31. The zero-order valence-corrected chi connectivity index (χ0v) is 10.7. The van der Waals surface area contributed by atoms with Gasteiger partial charge in [0.1, 0.15) is 0 Å². The molecule has 1 aromatic carbocycles. The fourth-order valence-electron chi connectivity index (χ4n) is 1.18. The van der Waals surface area contributed by atoms with Crippen LogP contribution in [0, 0.1) is 10.1 Å². The Morgan fingerprint density at radius 2 is 2.05 bits per heavy atom. The van der Waals surface area contributed by atoms with Crippen molar-refractivity contribution in [1.29, 1.82) is 0 Å². The second-order valence-electron chi connectivity index (χ2n) is 3.52. The maximum absolute atomic E-state index is 11.3. The van der Waals surface area contributed by atoms with Crippen molar-refractivity contribution >= 4 is 27.7 Å². The standard InChI is InChI=1S/C9H11N5O4S/c1-19(17,18)7-3-2-6(5-12-13-9(10)11)8(4-7)14(15)16/h2-5H,1H3,(H4,10,11,13). The third kappa shape index (κ3) is 4.03. The minimum absolute atomic E-state index is 0.0856. The van der Waals surface area contributed by atoms with Crippen molar-refractivity contribution in [3.8, 4) is 0 Å². The summed E-state index contributed by atoms with van der Waals surface area (Å²) in [5, 5.41) is 17.6. The predicted molar refractivity (Wildman–Crippen MR) is 69.6 cm³/mol. The van der Waals surface area contributed by atoms with Crippen molar-refractivity contribution in [2.24, 2.45) is 21.7 Å². The molecule has 1 rings (SSSR count). The van der Waals surface area contributed by atoms with Gasteiger partial charge in [-0.15, -0.1) is 5.10 Å². The topological polar surface area (TPSA) is 154 Å². The lowest BCUT2D eigenvalue weighted by Crippen LogP contribution is -2.21. The molecule has 1 aromatic rings. The van der Waals surface area contributed by atoms with Crippen LogP contribution >= 0.6 is 0 Å². The molecular weight excluding hydrogens is 274 g/mol. The lowest BCUT2D eigenvalue weighted by Gasteiger charge is -2.00. The van der Waals surface area contributed by atoms with Gasteiger partial charge in [0.25, 0.3) is 5.69 Å². The van der Waals surface area contributed by atoms with E-state index in [9.17, 15) is 18.5 Å². The number of hydrogen-bond acceptors (Lipinski definition) is 6. The lowest BCUT2D eigenvalue weighted by atomic mass is 10.2. The summed E-state index contributed by atoms with van der Waals surface area (Å²) in [7, 11) is -3.53. The molecule has 0 heterocycles. The quantitative estimate of drug-likeness (QED) is 0.332. The second kappa shape index (κ2) is 5.44. The van der Waals surface area contributed by atoms with Crippen LogP contribution in [-0.4, -0.2) is 31.8 Å². The number of nitro groups is 1. The van der Waals surface area contributed by atoms with Crippen molar-refractivity contribution in [1.82, 2.24) is 0 Å². The molecule has 0 aliphatic carbocycles. The van der Waals surface area contributed by atoms with Crippen LogP contribution in [0.5, 0.6) is 0 Å². The maximum Gasteiger partial charge on any atom is 0.279 e. The molecule has 102 valence electrons. The van der Waals surface area contributed by atoms with E-state index >= 15 is 0 Å². The van der Waals surface area contributed by atoms with Crippen molar-refractivity contribution in [2.75, 3.05) is 6.26 Å². The molecule has 9 nitrogen and oxygen atoms in total. The summed E-state index contributed by atoms with van der Waals surface area (Å²) in [5.41, 5.74) is 9.75. The van der Waals surface area contributed by atoms with Gasteiger partial charge in [-0.3, -0.25) is 10.1 Å². The first kappa shape index (κ1) is 14.6. The van der Waals surface area contributed by atoms with Gasteiger partial charge in [-0.25, -0.2) is 8.42 Å². The van der Waals surface area contributed by atoms with Crippen LogP contribution in [0.15, 0.2) is 33.3 Å². The summed E-state index contributed by atoms with van der Waals surface area (Å²) < 4.78 is 22.6. The Hall–Kier alpha value is -2.49. The zero-order valence-electron chi connectivity index (χ0n) is 9.85. The molecule has 0 aliphatic heterocycles. The minimum atomic E-state index is -3.53. The van der Waals surface area contributed by atoms with Crippen molar-refractivity contribution in [3.63, 3.8) is 0 Å². The molecule has 0 spiro atoms. The number of nitro benzene ring substituents is 1. The molecule has 0 aromatic heterocycles. The maximum atomic E-state index is 11.3. The van der Waals surface area contributed by atoms with Gasteiger partial charge in [0.2, 0.25) is 5.96 Å². The van der Waals surface area contributed by atoms with Crippen LogP contribution in [-0.2, 0) is 9.84 Å². The monoisotopic (exact) mass is 285 g/mol. The van der Waals surface area contributed by atoms with E-state index in [1.54, 1.807) is 0 Å². The molecule has 0 amide bonds. The molecule has 0 aliphatic rings. The van der Waals surface area contributed by atoms with Gasteiger partial charge >= 0.3 is 0 Å². The average Bonchev–Trinajstić information content (AvgIpc) is 2.27. The highest BCUT2D eigenvalue weighted by Gasteiger charge is 2.17. The first-order valence-electron chi connectivity index (χ1n) is 4.82. The van der Waals surface area contributed by atoms with Gasteiger partial charge in [0.15, 0.2) is 9.84 Å². The van der Waals surface area contributed by atoms with Gasteiger partial charge in [-0.05, 0) is 12.1 Å². The van der Waals surface area contributed by atoms with E-state index in [4.69, 9.17) is 11.5 Å². The van der Waals surface area contributed by atoms with Crippen molar-refractivity contribution in [2.45, 2.75) is 4.90 Å². The van der Waals surface area contributed by atoms with Crippen molar-refractivity contribution < 1.29 is 13.3 Å².